The van der Waals surface area contributed by atoms with Gasteiger partial charge >= 0.3 is 5.97 Å². The topological polar surface area (TPSA) is 95.9 Å². The van der Waals surface area contributed by atoms with E-state index in [9.17, 15) is 19.8 Å². The quantitative estimate of drug-likeness (QED) is 0.0249. The number of carbonyl (C=O) groups excluding carboxylic acids is 2. The number of unbranched alkanes of at least 4 members (excludes halogenated alkanes) is 15. The summed E-state index contributed by atoms with van der Waals surface area (Å²) in [4.78, 5) is 25.9. The van der Waals surface area contributed by atoms with Crippen LogP contribution >= 0.6 is 0 Å². The molecule has 6 nitrogen and oxygen atoms in total. The Morgan fingerprint density at radius 3 is 1.61 bits per heavy atom. The zero-order chi connectivity index (χ0) is 41.7. The van der Waals surface area contributed by atoms with Crippen LogP contribution in [0.5, 0.6) is 0 Å². The summed E-state index contributed by atoms with van der Waals surface area (Å²) in [6, 6.07) is -0.747. The van der Waals surface area contributed by atoms with Gasteiger partial charge in [-0.25, -0.2) is 0 Å². The van der Waals surface area contributed by atoms with Gasteiger partial charge in [-0.1, -0.05) is 202 Å². The normalized spacial score (nSPS) is 14.3. The second kappa shape index (κ2) is 43.9. The highest BCUT2D eigenvalue weighted by atomic mass is 16.5. The lowest BCUT2D eigenvalue weighted by molar-refractivity contribution is -0.148. The molecule has 57 heavy (non-hydrogen) atoms. The number of aliphatic hydroxyl groups is 2. The number of carbonyl (C=O) groups is 2. The van der Waals surface area contributed by atoms with Crippen LogP contribution in [-0.4, -0.2) is 46.9 Å². The Morgan fingerprint density at radius 2 is 1.05 bits per heavy atom. The third-order valence-corrected chi connectivity index (χ3v) is 9.72. The van der Waals surface area contributed by atoms with Crippen molar-refractivity contribution in [3.05, 3.63) is 97.2 Å². The molecule has 0 aromatic carbocycles. The van der Waals surface area contributed by atoms with E-state index in [1.165, 1.54) is 64.2 Å². The number of aliphatic hydroxyl groups excluding tert-OH is 2. The molecule has 324 valence electrons. The highest BCUT2D eigenvalue weighted by Gasteiger charge is 2.23. The van der Waals surface area contributed by atoms with Gasteiger partial charge < -0.3 is 20.3 Å². The van der Waals surface area contributed by atoms with Crippen LogP contribution in [0.4, 0.5) is 0 Å². The van der Waals surface area contributed by atoms with Gasteiger partial charge in [0.25, 0.3) is 0 Å². The molecule has 0 saturated heterocycles. The molecule has 0 aromatic heterocycles. The molecule has 0 bridgehead atoms. The third-order valence-electron chi connectivity index (χ3n) is 9.72. The second-order valence-electron chi connectivity index (χ2n) is 15.1. The average molecular weight is 792 g/mol. The van der Waals surface area contributed by atoms with Crippen LogP contribution in [0.2, 0.25) is 0 Å². The Morgan fingerprint density at radius 1 is 0.561 bits per heavy atom. The third kappa shape index (κ3) is 39.4. The zero-order valence-electron chi connectivity index (χ0n) is 36.7. The Balaban J connectivity index is 4.80. The molecule has 0 aliphatic carbocycles. The molecule has 0 saturated carbocycles. The predicted molar refractivity (Wildman–Crippen MR) is 245 cm³/mol. The van der Waals surface area contributed by atoms with E-state index in [0.717, 1.165) is 77.0 Å². The minimum atomic E-state index is -0.824. The highest BCUT2D eigenvalue weighted by Crippen LogP contribution is 2.15. The maximum Gasteiger partial charge on any atom is 0.306 e. The summed E-state index contributed by atoms with van der Waals surface area (Å²) in [6.07, 6.45) is 57.8. The van der Waals surface area contributed by atoms with Crippen molar-refractivity contribution in [2.24, 2.45) is 0 Å². The second-order valence-corrected chi connectivity index (χ2v) is 15.1. The van der Waals surface area contributed by atoms with Crippen LogP contribution in [0, 0.1) is 0 Å². The molecule has 6 heteroatoms. The Kier molecular flexibility index (Phi) is 41.4. The van der Waals surface area contributed by atoms with Gasteiger partial charge in [-0.2, -0.15) is 0 Å². The van der Waals surface area contributed by atoms with Crippen LogP contribution in [0.15, 0.2) is 97.2 Å². The SMILES string of the molecule is CC/C=C/C=C/C=C/CCCCCCCCCC(=O)OC(/C=C/C/C=C/C/C=C/C/C=C/C/C=C/CC)CC(=O)NC(CO)C(O)CCCCCCCCCCC. The van der Waals surface area contributed by atoms with Crippen LogP contribution in [0.25, 0.3) is 0 Å². The van der Waals surface area contributed by atoms with E-state index in [1.54, 1.807) is 6.08 Å². The first-order valence-corrected chi connectivity index (χ1v) is 23.0. The number of hydrogen-bond acceptors (Lipinski definition) is 5. The van der Waals surface area contributed by atoms with Crippen LogP contribution in [0.3, 0.4) is 0 Å². The molecule has 0 rings (SSSR count). The Bertz CT molecular complexity index is 1160. The summed E-state index contributed by atoms with van der Waals surface area (Å²) >= 11 is 0. The number of hydrogen-bond donors (Lipinski definition) is 3. The largest absolute Gasteiger partial charge is 0.458 e. The van der Waals surface area contributed by atoms with E-state index in [4.69, 9.17) is 4.74 Å². The van der Waals surface area contributed by atoms with Crippen LogP contribution in [-0.2, 0) is 14.3 Å². The van der Waals surface area contributed by atoms with Crippen molar-refractivity contribution in [2.75, 3.05) is 6.61 Å². The van der Waals surface area contributed by atoms with E-state index in [-0.39, 0.29) is 24.9 Å². The fourth-order valence-electron chi connectivity index (χ4n) is 6.27. The smallest absolute Gasteiger partial charge is 0.306 e. The maximum atomic E-state index is 13.1. The van der Waals surface area contributed by atoms with E-state index < -0.39 is 18.2 Å². The van der Waals surface area contributed by atoms with Gasteiger partial charge in [0.05, 0.1) is 25.2 Å². The zero-order valence-corrected chi connectivity index (χ0v) is 36.7. The molecule has 0 aromatic rings. The van der Waals surface area contributed by atoms with Crippen molar-refractivity contribution >= 4 is 11.9 Å². The van der Waals surface area contributed by atoms with Gasteiger partial charge in [0.2, 0.25) is 5.91 Å². The van der Waals surface area contributed by atoms with Gasteiger partial charge in [0.1, 0.15) is 6.10 Å². The molecule has 0 aliphatic rings. The van der Waals surface area contributed by atoms with Gasteiger partial charge in [0, 0.05) is 6.42 Å². The van der Waals surface area contributed by atoms with Crippen LogP contribution < -0.4 is 5.32 Å². The number of ether oxygens (including phenoxy) is 1. The maximum absolute atomic E-state index is 13.1. The molecule has 0 heterocycles. The van der Waals surface area contributed by atoms with E-state index in [2.05, 4.69) is 111 Å². The molecule has 1 amide bonds. The highest BCUT2D eigenvalue weighted by molar-refractivity contribution is 5.78. The first kappa shape index (κ1) is 53.8. The predicted octanol–water partition coefficient (Wildman–Crippen LogP) is 13.4. The molecule has 0 radical (unpaired) electrons. The van der Waals surface area contributed by atoms with Gasteiger partial charge in [-0.3, -0.25) is 9.59 Å². The Hall–Kier alpha value is -3.22. The lowest BCUT2D eigenvalue weighted by Crippen LogP contribution is -2.46. The number of allylic oxidation sites excluding steroid dienone is 15. The summed E-state index contributed by atoms with van der Waals surface area (Å²) in [5, 5.41) is 23.5. The van der Waals surface area contributed by atoms with Gasteiger partial charge in [0.15, 0.2) is 0 Å². The lowest BCUT2D eigenvalue weighted by atomic mass is 10.0. The van der Waals surface area contributed by atoms with Gasteiger partial charge in [-0.15, -0.1) is 0 Å². The molecule has 3 N–H and O–H groups in total. The molecular weight excluding hydrogens is 707 g/mol. The number of esters is 1. The summed E-state index contributed by atoms with van der Waals surface area (Å²) in [5.41, 5.74) is 0. The molecular formula is C51H85NO5. The monoisotopic (exact) mass is 792 g/mol. The molecule has 3 atom stereocenters. The van der Waals surface area contributed by atoms with E-state index in [1.807, 2.05) is 6.08 Å². The van der Waals surface area contributed by atoms with Crippen LogP contribution in [0.1, 0.15) is 188 Å². The fraction of sp³-hybridized carbons (Fsp3) is 0.647. The summed E-state index contributed by atoms with van der Waals surface area (Å²) in [6.45, 7) is 6.15. The average Bonchev–Trinajstić information content (AvgIpc) is 3.20. The summed E-state index contributed by atoms with van der Waals surface area (Å²) in [7, 11) is 0. The van der Waals surface area contributed by atoms with E-state index >= 15 is 0 Å². The van der Waals surface area contributed by atoms with Crippen molar-refractivity contribution in [1.82, 2.24) is 5.32 Å². The lowest BCUT2D eigenvalue weighted by Gasteiger charge is -2.23. The number of rotatable bonds is 39. The summed E-state index contributed by atoms with van der Waals surface area (Å²) < 4.78 is 5.79. The van der Waals surface area contributed by atoms with Crippen molar-refractivity contribution in [2.45, 2.75) is 206 Å². The summed E-state index contributed by atoms with van der Waals surface area (Å²) in [5.74, 6) is -0.654. The standard InChI is InChI=1S/C51H85NO5/c1-4-7-10-13-16-19-21-23-25-27-29-32-35-38-41-44-51(56)57-47(42-39-36-33-31-28-26-24-22-20-17-14-11-8-5-2)45-50(55)52-48(46-53)49(54)43-40-37-34-30-18-15-12-9-6-3/h7-8,10-11,13,16-17,19-21,24,26,31,33,39,42,47-49,53-54H,4-6,9,12,14-15,18,22-23,25,27-30,32,34-38,40-41,43-46H2,1-3H3,(H,52,55)/b10-7+,11-8+,16-13+,20-17+,21-19+,26-24+,33-31+,42-39+. The first-order valence-electron chi connectivity index (χ1n) is 23.0. The minimum Gasteiger partial charge on any atom is -0.458 e. The van der Waals surface area contributed by atoms with Crippen molar-refractivity contribution in [3.8, 4) is 0 Å². The van der Waals surface area contributed by atoms with Crippen molar-refractivity contribution in [1.29, 1.82) is 0 Å². The van der Waals surface area contributed by atoms with Crippen molar-refractivity contribution < 1.29 is 24.5 Å². The van der Waals surface area contributed by atoms with Crippen molar-refractivity contribution in [3.63, 3.8) is 0 Å². The van der Waals surface area contributed by atoms with E-state index in [0.29, 0.717) is 19.3 Å². The Labute approximate surface area is 350 Å². The van der Waals surface area contributed by atoms with Gasteiger partial charge in [-0.05, 0) is 70.3 Å². The molecule has 3 unspecified atom stereocenters. The minimum absolute atomic E-state index is 0.0565. The molecule has 0 spiro atoms. The number of amides is 1. The molecule has 0 aliphatic heterocycles. The first-order chi connectivity index (χ1) is 28.0. The fourth-order valence-corrected chi connectivity index (χ4v) is 6.27. The molecule has 0 fully saturated rings. The number of nitrogens with one attached hydrogen (secondary N) is 1.